The molecular formula is C32H37N3O3. The van der Waals surface area contributed by atoms with Crippen LogP contribution in [0.1, 0.15) is 46.8 Å². The van der Waals surface area contributed by atoms with E-state index in [-0.39, 0.29) is 18.4 Å². The molecule has 4 aromatic rings. The van der Waals surface area contributed by atoms with Crippen molar-refractivity contribution in [3.63, 3.8) is 0 Å². The van der Waals surface area contributed by atoms with Gasteiger partial charge in [0.25, 0.3) is 5.91 Å². The molecule has 2 amide bonds. The first-order chi connectivity index (χ1) is 18.5. The summed E-state index contributed by atoms with van der Waals surface area (Å²) < 4.78 is 5.30. The summed E-state index contributed by atoms with van der Waals surface area (Å²) in [7, 11) is 1.64. The van der Waals surface area contributed by atoms with Crippen LogP contribution in [0.3, 0.4) is 0 Å². The molecule has 0 saturated carbocycles. The van der Waals surface area contributed by atoms with Crippen LogP contribution in [-0.2, 0) is 17.8 Å². The second kappa shape index (κ2) is 13.0. The average Bonchev–Trinajstić information content (AvgIpc) is 3.36. The molecule has 0 aliphatic carbocycles. The van der Waals surface area contributed by atoms with E-state index in [4.69, 9.17) is 4.74 Å². The molecule has 1 N–H and O–H groups in total. The highest BCUT2D eigenvalue weighted by atomic mass is 16.5. The fourth-order valence-electron chi connectivity index (χ4n) is 4.58. The lowest BCUT2D eigenvalue weighted by Crippen LogP contribution is -2.43. The van der Waals surface area contributed by atoms with E-state index in [0.29, 0.717) is 31.6 Å². The average molecular weight is 512 g/mol. The van der Waals surface area contributed by atoms with Crippen molar-refractivity contribution >= 4 is 22.7 Å². The number of hydrogen-bond donors (Lipinski definition) is 1. The maximum absolute atomic E-state index is 13.8. The topological polar surface area (TPSA) is 65.6 Å². The number of rotatable bonds is 12. The second-order valence-corrected chi connectivity index (χ2v) is 9.72. The third kappa shape index (κ3) is 6.82. The summed E-state index contributed by atoms with van der Waals surface area (Å²) in [6, 6.07) is 23.5. The number of methoxy groups -OCH3 is 1. The first-order valence-corrected chi connectivity index (χ1v) is 13.3. The van der Waals surface area contributed by atoms with Crippen LogP contribution in [0.5, 0.6) is 5.75 Å². The molecule has 0 bridgehead atoms. The molecule has 198 valence electrons. The molecule has 3 aromatic carbocycles. The van der Waals surface area contributed by atoms with Crippen molar-refractivity contribution < 1.29 is 14.3 Å². The minimum atomic E-state index is -0.104. The predicted molar refractivity (Wildman–Crippen MR) is 152 cm³/mol. The van der Waals surface area contributed by atoms with Gasteiger partial charge in [0.1, 0.15) is 12.3 Å². The van der Waals surface area contributed by atoms with Crippen molar-refractivity contribution in [2.75, 3.05) is 26.7 Å². The van der Waals surface area contributed by atoms with Crippen molar-refractivity contribution in [2.45, 2.75) is 39.7 Å². The number of benzene rings is 3. The standard InChI is InChI=1S/C32H37N3O3/c1-4-5-19-35(32(37)26-14-10-24(2)11-15-26)23-31(36)34(22-25-12-16-28(38-3)17-13-25)20-18-27-21-33-30-9-7-6-8-29(27)30/h6-17,21,33H,4-5,18-20,22-23H2,1-3H3. The number of aromatic amines is 1. The van der Waals surface area contributed by atoms with Crippen LogP contribution in [0.2, 0.25) is 0 Å². The van der Waals surface area contributed by atoms with Crippen molar-refractivity contribution in [1.29, 1.82) is 0 Å². The molecule has 0 atom stereocenters. The molecule has 1 aromatic heterocycles. The van der Waals surface area contributed by atoms with E-state index >= 15 is 0 Å². The molecule has 0 spiro atoms. The third-order valence-electron chi connectivity index (χ3n) is 6.90. The van der Waals surface area contributed by atoms with Gasteiger partial charge in [0.05, 0.1) is 7.11 Å². The summed E-state index contributed by atoms with van der Waals surface area (Å²) in [5, 5.41) is 1.17. The van der Waals surface area contributed by atoms with Gasteiger partial charge in [0.15, 0.2) is 0 Å². The number of nitrogens with one attached hydrogen (secondary N) is 1. The molecule has 6 heteroatoms. The predicted octanol–water partition coefficient (Wildman–Crippen LogP) is 6.00. The minimum Gasteiger partial charge on any atom is -0.497 e. The number of aromatic nitrogens is 1. The molecule has 4 rings (SSSR count). The molecule has 38 heavy (non-hydrogen) atoms. The Morgan fingerprint density at radius 2 is 1.63 bits per heavy atom. The first kappa shape index (κ1) is 27.0. The number of amides is 2. The van der Waals surface area contributed by atoms with Gasteiger partial charge in [-0.1, -0.05) is 61.4 Å². The summed E-state index contributed by atoms with van der Waals surface area (Å²) in [5.74, 6) is 0.616. The Hall–Kier alpha value is -4.06. The number of nitrogens with zero attached hydrogens (tertiary/aromatic N) is 2. The Kier molecular flexibility index (Phi) is 9.20. The fraction of sp³-hybridized carbons (Fsp3) is 0.312. The number of ether oxygens (including phenoxy) is 1. The van der Waals surface area contributed by atoms with E-state index in [1.165, 1.54) is 10.9 Å². The SMILES string of the molecule is CCCCN(CC(=O)N(CCc1c[nH]c2ccccc12)Cc1ccc(OC)cc1)C(=O)c1ccc(C)cc1. The van der Waals surface area contributed by atoms with Gasteiger partial charge in [-0.15, -0.1) is 0 Å². The smallest absolute Gasteiger partial charge is 0.254 e. The maximum atomic E-state index is 13.8. The van der Waals surface area contributed by atoms with Gasteiger partial charge in [0, 0.05) is 42.3 Å². The summed E-state index contributed by atoms with van der Waals surface area (Å²) in [6.45, 7) is 5.70. The summed E-state index contributed by atoms with van der Waals surface area (Å²) >= 11 is 0. The van der Waals surface area contributed by atoms with Crippen LogP contribution < -0.4 is 4.74 Å². The van der Waals surface area contributed by atoms with Crippen LogP contribution in [0, 0.1) is 6.92 Å². The molecule has 0 fully saturated rings. The molecule has 0 radical (unpaired) electrons. The Balaban J connectivity index is 1.54. The number of carbonyl (C=O) groups excluding carboxylic acids is 2. The number of para-hydroxylation sites is 1. The van der Waals surface area contributed by atoms with E-state index in [1.54, 1.807) is 12.0 Å². The van der Waals surface area contributed by atoms with E-state index in [2.05, 4.69) is 24.0 Å². The van der Waals surface area contributed by atoms with Crippen molar-refractivity contribution in [3.05, 3.63) is 101 Å². The van der Waals surface area contributed by atoms with E-state index in [1.807, 2.05) is 78.7 Å². The lowest BCUT2D eigenvalue weighted by Gasteiger charge is -2.28. The van der Waals surface area contributed by atoms with Gasteiger partial charge in [-0.25, -0.2) is 0 Å². The van der Waals surface area contributed by atoms with Gasteiger partial charge >= 0.3 is 0 Å². The minimum absolute atomic E-state index is 0.0523. The number of unbranched alkanes of at least 4 members (excludes halogenated alkanes) is 1. The molecule has 6 nitrogen and oxygen atoms in total. The zero-order valence-electron chi connectivity index (χ0n) is 22.6. The van der Waals surface area contributed by atoms with Crippen LogP contribution in [0.15, 0.2) is 79.0 Å². The van der Waals surface area contributed by atoms with Crippen LogP contribution in [-0.4, -0.2) is 53.3 Å². The first-order valence-electron chi connectivity index (χ1n) is 13.3. The molecule has 1 heterocycles. The van der Waals surface area contributed by atoms with Crippen molar-refractivity contribution in [3.8, 4) is 5.75 Å². The van der Waals surface area contributed by atoms with Crippen LogP contribution >= 0.6 is 0 Å². The van der Waals surface area contributed by atoms with Crippen LogP contribution in [0.4, 0.5) is 0 Å². The van der Waals surface area contributed by atoms with E-state index in [0.717, 1.165) is 35.2 Å². The third-order valence-corrected chi connectivity index (χ3v) is 6.90. The Morgan fingerprint density at radius 1 is 0.895 bits per heavy atom. The zero-order valence-corrected chi connectivity index (χ0v) is 22.6. The molecule has 0 aliphatic heterocycles. The van der Waals surface area contributed by atoms with Gasteiger partial charge in [0.2, 0.25) is 5.91 Å². The van der Waals surface area contributed by atoms with Gasteiger partial charge in [-0.2, -0.15) is 0 Å². The monoisotopic (exact) mass is 511 g/mol. The molecular weight excluding hydrogens is 474 g/mol. The zero-order chi connectivity index (χ0) is 26.9. The Morgan fingerprint density at radius 3 is 2.34 bits per heavy atom. The number of carbonyl (C=O) groups is 2. The lowest BCUT2D eigenvalue weighted by molar-refractivity contribution is -0.132. The normalized spacial score (nSPS) is 10.9. The van der Waals surface area contributed by atoms with Crippen molar-refractivity contribution in [1.82, 2.24) is 14.8 Å². The number of H-pyrrole nitrogens is 1. The summed E-state index contributed by atoms with van der Waals surface area (Å²) in [5.41, 5.74) is 4.99. The number of aryl methyl sites for hydroxylation is 1. The number of fused-ring (bicyclic) bond motifs is 1. The van der Waals surface area contributed by atoms with E-state index < -0.39 is 0 Å². The Labute approximate surface area is 225 Å². The number of hydrogen-bond acceptors (Lipinski definition) is 3. The Bertz CT molecular complexity index is 1340. The highest BCUT2D eigenvalue weighted by molar-refractivity contribution is 5.96. The second-order valence-electron chi connectivity index (χ2n) is 9.72. The van der Waals surface area contributed by atoms with Gasteiger partial charge in [-0.05, 0) is 61.2 Å². The van der Waals surface area contributed by atoms with Gasteiger partial charge in [-0.3, -0.25) is 9.59 Å². The van der Waals surface area contributed by atoms with Crippen LogP contribution in [0.25, 0.3) is 10.9 Å². The molecule has 0 unspecified atom stereocenters. The lowest BCUT2D eigenvalue weighted by atomic mass is 10.1. The highest BCUT2D eigenvalue weighted by Gasteiger charge is 2.23. The molecule has 0 saturated heterocycles. The van der Waals surface area contributed by atoms with Gasteiger partial charge < -0.3 is 19.5 Å². The van der Waals surface area contributed by atoms with Crippen molar-refractivity contribution in [2.24, 2.45) is 0 Å². The summed E-state index contributed by atoms with van der Waals surface area (Å²) in [4.78, 5) is 34.0. The summed E-state index contributed by atoms with van der Waals surface area (Å²) in [6.07, 6.45) is 4.53. The van der Waals surface area contributed by atoms with E-state index in [9.17, 15) is 9.59 Å². The quantitative estimate of drug-likeness (QED) is 0.254. The fourth-order valence-corrected chi connectivity index (χ4v) is 4.58. The maximum Gasteiger partial charge on any atom is 0.254 e. The molecule has 0 aliphatic rings. The largest absolute Gasteiger partial charge is 0.497 e. The highest BCUT2D eigenvalue weighted by Crippen LogP contribution is 2.20.